The summed E-state index contributed by atoms with van der Waals surface area (Å²) in [7, 11) is 0. The zero-order valence-corrected chi connectivity index (χ0v) is 18.5. The van der Waals surface area contributed by atoms with Crippen molar-refractivity contribution in [3.8, 4) is 0 Å². The van der Waals surface area contributed by atoms with Crippen molar-refractivity contribution >= 4 is 52.6 Å². The molecule has 0 bridgehead atoms. The van der Waals surface area contributed by atoms with Crippen LogP contribution in [0.25, 0.3) is 0 Å². The molecule has 0 unspecified atom stereocenters. The number of guanidine groups is 1. The van der Waals surface area contributed by atoms with Crippen LogP contribution in [0.3, 0.4) is 0 Å². The highest BCUT2D eigenvalue weighted by molar-refractivity contribution is 14.0. The van der Waals surface area contributed by atoms with Gasteiger partial charge >= 0.3 is 6.18 Å². The van der Waals surface area contributed by atoms with Gasteiger partial charge in [0.05, 0.1) is 11.6 Å². The maximum absolute atomic E-state index is 12.5. The molecular formula is C16H22F3IN4S2. The van der Waals surface area contributed by atoms with E-state index in [1.54, 1.807) is 11.3 Å². The molecule has 26 heavy (non-hydrogen) atoms. The largest absolute Gasteiger partial charge is 0.434 e. The van der Waals surface area contributed by atoms with Crippen molar-refractivity contribution in [2.75, 3.05) is 13.1 Å². The first-order chi connectivity index (χ1) is 11.9. The molecule has 2 aromatic heterocycles. The topological polar surface area (TPSA) is 49.3 Å². The van der Waals surface area contributed by atoms with E-state index >= 15 is 0 Å². The maximum atomic E-state index is 12.5. The summed E-state index contributed by atoms with van der Waals surface area (Å²) in [6, 6.07) is 4.18. The first kappa shape index (κ1) is 23.2. The van der Waals surface area contributed by atoms with Crippen molar-refractivity contribution in [3.63, 3.8) is 0 Å². The molecule has 0 fully saturated rings. The quantitative estimate of drug-likeness (QED) is 0.318. The molecule has 0 amide bonds. The number of hydrogen-bond acceptors (Lipinski definition) is 4. The van der Waals surface area contributed by atoms with Crippen LogP contribution >= 0.6 is 46.7 Å². The predicted octanol–water partition coefficient (Wildman–Crippen LogP) is 4.70. The van der Waals surface area contributed by atoms with Crippen molar-refractivity contribution in [1.82, 2.24) is 15.6 Å². The Labute approximate surface area is 176 Å². The van der Waals surface area contributed by atoms with Crippen LogP contribution in [0, 0.1) is 0 Å². The maximum Gasteiger partial charge on any atom is 0.434 e. The average Bonchev–Trinajstić information content (AvgIpc) is 3.21. The second kappa shape index (κ2) is 11.1. The van der Waals surface area contributed by atoms with Gasteiger partial charge in [-0.15, -0.1) is 46.7 Å². The lowest BCUT2D eigenvalue weighted by atomic mass is 10.4. The fourth-order valence-electron chi connectivity index (χ4n) is 2.04. The Hall–Kier alpha value is -0.880. The fraction of sp³-hybridized carbons (Fsp3) is 0.500. The van der Waals surface area contributed by atoms with Gasteiger partial charge in [-0.3, -0.25) is 0 Å². The first-order valence-electron chi connectivity index (χ1n) is 8.03. The normalized spacial score (nSPS) is 12.0. The first-order valence-corrected chi connectivity index (χ1v) is 9.73. The highest BCUT2D eigenvalue weighted by Gasteiger charge is 2.33. The number of aliphatic imine (C=N–C) groups is 1. The number of aryl methyl sites for hydroxylation is 1. The Morgan fingerprint density at radius 3 is 2.50 bits per heavy atom. The Morgan fingerprint density at radius 2 is 1.92 bits per heavy atom. The lowest BCUT2D eigenvalue weighted by Gasteiger charge is -2.10. The Morgan fingerprint density at radius 1 is 1.19 bits per heavy atom. The molecule has 0 atom stereocenters. The smallest absolute Gasteiger partial charge is 0.357 e. The number of halogens is 4. The van der Waals surface area contributed by atoms with Gasteiger partial charge in [0.15, 0.2) is 11.7 Å². The van der Waals surface area contributed by atoms with Crippen LogP contribution in [0.15, 0.2) is 22.5 Å². The minimum Gasteiger partial charge on any atom is -0.357 e. The van der Waals surface area contributed by atoms with Crippen LogP contribution in [0.2, 0.25) is 0 Å². The van der Waals surface area contributed by atoms with Crippen LogP contribution in [0.4, 0.5) is 13.2 Å². The minimum atomic E-state index is -4.38. The van der Waals surface area contributed by atoms with Crippen molar-refractivity contribution in [2.24, 2.45) is 4.99 Å². The van der Waals surface area contributed by atoms with Gasteiger partial charge in [-0.1, -0.05) is 6.92 Å². The van der Waals surface area contributed by atoms with Gasteiger partial charge in [0.25, 0.3) is 0 Å². The molecule has 0 radical (unpaired) electrons. The molecule has 0 aliphatic carbocycles. The van der Waals surface area contributed by atoms with E-state index in [4.69, 9.17) is 0 Å². The summed E-state index contributed by atoms with van der Waals surface area (Å²) in [4.78, 5) is 10.7. The Kier molecular flexibility index (Phi) is 9.86. The molecule has 0 aliphatic heterocycles. The molecule has 0 aliphatic rings. The molecule has 10 heteroatoms. The molecule has 0 spiro atoms. The van der Waals surface area contributed by atoms with Crippen molar-refractivity contribution in [1.29, 1.82) is 0 Å². The van der Waals surface area contributed by atoms with E-state index in [9.17, 15) is 13.2 Å². The van der Waals surface area contributed by atoms with Crippen LogP contribution in [-0.4, -0.2) is 24.0 Å². The molecule has 0 saturated heterocycles. The third-order valence-electron chi connectivity index (χ3n) is 3.28. The number of rotatable bonds is 7. The van der Waals surface area contributed by atoms with E-state index in [1.165, 1.54) is 9.75 Å². The van der Waals surface area contributed by atoms with E-state index in [0.29, 0.717) is 37.0 Å². The number of thiophene rings is 1. The summed E-state index contributed by atoms with van der Waals surface area (Å²) in [5, 5.41) is 7.79. The monoisotopic (exact) mass is 518 g/mol. The number of hydrogen-bond donors (Lipinski definition) is 2. The molecule has 2 heterocycles. The molecule has 146 valence electrons. The van der Waals surface area contributed by atoms with Gasteiger partial charge in [-0.2, -0.15) is 13.2 Å². The van der Waals surface area contributed by atoms with Gasteiger partial charge < -0.3 is 10.6 Å². The van der Waals surface area contributed by atoms with Gasteiger partial charge in [0.2, 0.25) is 0 Å². The molecular weight excluding hydrogens is 496 g/mol. The number of aromatic nitrogens is 1. The Balaban J connectivity index is 0.00000338. The highest BCUT2D eigenvalue weighted by Crippen LogP contribution is 2.30. The fourth-order valence-corrected chi connectivity index (χ4v) is 3.73. The predicted molar refractivity (Wildman–Crippen MR) is 113 cm³/mol. The lowest BCUT2D eigenvalue weighted by Crippen LogP contribution is -2.38. The molecule has 0 saturated carbocycles. The zero-order valence-electron chi connectivity index (χ0n) is 14.5. The van der Waals surface area contributed by atoms with Crippen molar-refractivity contribution < 1.29 is 13.2 Å². The van der Waals surface area contributed by atoms with Gasteiger partial charge in [-0.05, 0) is 25.5 Å². The third kappa shape index (κ3) is 7.39. The zero-order chi connectivity index (χ0) is 18.3. The highest BCUT2D eigenvalue weighted by atomic mass is 127. The van der Waals surface area contributed by atoms with Crippen LogP contribution in [-0.2, 0) is 25.6 Å². The standard InChI is InChI=1S/C16H21F3N4S2.HI/c1-3-11-5-6-12(25-11)9-22-15(20-4-2)21-8-7-14-23-13(10-24-14)16(17,18)19;/h5-6,10H,3-4,7-9H2,1-2H3,(H2,20,21,22);1H. The van der Waals surface area contributed by atoms with Gasteiger partial charge in [-0.25, -0.2) is 9.98 Å². The van der Waals surface area contributed by atoms with E-state index < -0.39 is 11.9 Å². The molecule has 2 rings (SSSR count). The SMILES string of the molecule is CCNC(=NCc1ccc(CC)s1)NCCc1nc(C(F)(F)F)cs1.I. The summed E-state index contributed by atoms with van der Waals surface area (Å²) in [5.74, 6) is 0.654. The van der Waals surface area contributed by atoms with E-state index in [1.807, 2.05) is 6.92 Å². The summed E-state index contributed by atoms with van der Waals surface area (Å²) in [5.41, 5.74) is -0.822. The van der Waals surface area contributed by atoms with E-state index in [0.717, 1.165) is 23.1 Å². The van der Waals surface area contributed by atoms with Crippen molar-refractivity contribution in [2.45, 2.75) is 39.4 Å². The molecule has 4 nitrogen and oxygen atoms in total. The third-order valence-corrected chi connectivity index (χ3v) is 5.40. The van der Waals surface area contributed by atoms with Crippen LogP contribution in [0.5, 0.6) is 0 Å². The van der Waals surface area contributed by atoms with E-state index in [-0.39, 0.29) is 24.0 Å². The minimum absolute atomic E-state index is 0. The van der Waals surface area contributed by atoms with Crippen molar-refractivity contribution in [3.05, 3.63) is 38.0 Å². The summed E-state index contributed by atoms with van der Waals surface area (Å²) < 4.78 is 37.6. The van der Waals surface area contributed by atoms with Gasteiger partial charge in [0, 0.05) is 34.6 Å². The number of thiazole rings is 1. The molecule has 0 aromatic carbocycles. The van der Waals surface area contributed by atoms with Crippen LogP contribution in [0.1, 0.15) is 34.3 Å². The van der Waals surface area contributed by atoms with E-state index in [2.05, 4.69) is 39.7 Å². The second-order valence-electron chi connectivity index (χ2n) is 5.22. The van der Waals surface area contributed by atoms with Crippen LogP contribution < -0.4 is 10.6 Å². The Bertz CT molecular complexity index is 698. The second-order valence-corrected chi connectivity index (χ2v) is 7.41. The lowest BCUT2D eigenvalue weighted by molar-refractivity contribution is -0.140. The number of nitrogens with one attached hydrogen (secondary N) is 2. The molecule has 2 aromatic rings. The summed E-state index contributed by atoms with van der Waals surface area (Å²) >= 11 is 2.77. The van der Waals surface area contributed by atoms with Gasteiger partial charge in [0.1, 0.15) is 0 Å². The average molecular weight is 518 g/mol. The number of nitrogens with zero attached hydrogens (tertiary/aromatic N) is 2. The summed E-state index contributed by atoms with van der Waals surface area (Å²) in [6.07, 6.45) is -2.94. The molecule has 2 N–H and O–H groups in total. The summed E-state index contributed by atoms with van der Waals surface area (Å²) in [6.45, 7) is 5.85. The number of alkyl halides is 3.